The molecule has 0 aliphatic heterocycles. The number of nitrogens with zero attached hydrogens (tertiary/aromatic N) is 2. The molecule has 9 heteroatoms. The van der Waals surface area contributed by atoms with Crippen LogP contribution in [0, 0.1) is 21.4 Å². The van der Waals surface area contributed by atoms with E-state index in [1.54, 1.807) is 5.32 Å². The molecule has 0 saturated carbocycles. The first-order valence-corrected chi connectivity index (χ1v) is 5.05. The van der Waals surface area contributed by atoms with E-state index >= 15 is 0 Å². The lowest BCUT2D eigenvalue weighted by atomic mass is 10.1. The Morgan fingerprint density at radius 3 is 2.65 bits per heavy atom. The minimum atomic E-state index is -1.15. The number of imide groups is 1. The molecular weight excluding hydrogens is 268 g/mol. The summed E-state index contributed by atoms with van der Waals surface area (Å²) in [6, 6.07) is 3.42. The number of carbonyl (C=O) groups excluding carboxylic acids is 2. The van der Waals surface area contributed by atoms with Crippen molar-refractivity contribution in [1.82, 2.24) is 5.32 Å². The van der Waals surface area contributed by atoms with Crippen LogP contribution in [0.4, 0.5) is 10.5 Å². The lowest BCUT2D eigenvalue weighted by molar-refractivity contribution is -0.384. The number of hydrogen-bond donors (Lipinski definition) is 3. The van der Waals surface area contributed by atoms with Crippen molar-refractivity contribution in [1.29, 1.82) is 5.26 Å². The summed E-state index contributed by atoms with van der Waals surface area (Å²) in [4.78, 5) is 31.8. The number of benzene rings is 1. The van der Waals surface area contributed by atoms with Gasteiger partial charge in [0.05, 0.1) is 4.92 Å². The van der Waals surface area contributed by atoms with Gasteiger partial charge in [-0.2, -0.15) is 5.26 Å². The van der Waals surface area contributed by atoms with Crippen LogP contribution in [0.1, 0.15) is 5.56 Å². The van der Waals surface area contributed by atoms with Crippen LogP contribution >= 0.6 is 0 Å². The molecule has 0 radical (unpaired) electrons. The molecule has 0 bridgehead atoms. The highest BCUT2D eigenvalue weighted by molar-refractivity contribution is 6.08. The number of non-ortho nitro benzene ring substituents is 1. The fourth-order valence-corrected chi connectivity index (χ4v) is 1.25. The van der Waals surface area contributed by atoms with Gasteiger partial charge in [0.2, 0.25) is 0 Å². The molecule has 0 aliphatic rings. The number of urea groups is 1. The first-order valence-electron chi connectivity index (χ1n) is 5.05. The Morgan fingerprint density at radius 1 is 1.50 bits per heavy atom. The number of nitro groups is 1. The predicted molar refractivity (Wildman–Crippen MR) is 66.1 cm³/mol. The molecule has 0 unspecified atom stereocenters. The van der Waals surface area contributed by atoms with Crippen LogP contribution in [0.15, 0.2) is 23.8 Å². The number of aromatic hydroxyl groups is 1. The van der Waals surface area contributed by atoms with Crippen LogP contribution in [-0.4, -0.2) is 22.0 Å². The minimum Gasteiger partial charge on any atom is -0.507 e. The Hall–Kier alpha value is -3.41. The highest BCUT2D eigenvalue weighted by Crippen LogP contribution is 2.25. The SMILES string of the molecule is N#C/C(=C/c1cc([N+](=O)[O-])ccc1O)C(=O)NC(N)=O. The van der Waals surface area contributed by atoms with Gasteiger partial charge in [-0.1, -0.05) is 0 Å². The summed E-state index contributed by atoms with van der Waals surface area (Å²) in [6.07, 6.45) is 0.903. The number of nitrogens with two attached hydrogens (primary N) is 1. The third-order valence-electron chi connectivity index (χ3n) is 2.12. The molecule has 1 rings (SSSR count). The van der Waals surface area contributed by atoms with E-state index in [0.717, 1.165) is 24.3 Å². The lowest BCUT2D eigenvalue weighted by Gasteiger charge is -2.01. The van der Waals surface area contributed by atoms with Crippen LogP contribution in [-0.2, 0) is 4.79 Å². The summed E-state index contributed by atoms with van der Waals surface area (Å²) in [5, 5.41) is 30.6. The van der Waals surface area contributed by atoms with Gasteiger partial charge in [0.15, 0.2) is 0 Å². The van der Waals surface area contributed by atoms with Gasteiger partial charge < -0.3 is 10.8 Å². The Balaban J connectivity index is 3.22. The van der Waals surface area contributed by atoms with Gasteiger partial charge in [-0.15, -0.1) is 0 Å². The van der Waals surface area contributed by atoms with Gasteiger partial charge in [-0.05, 0) is 12.1 Å². The molecule has 1 aromatic rings. The summed E-state index contributed by atoms with van der Waals surface area (Å²) in [6.45, 7) is 0. The maximum Gasteiger partial charge on any atom is 0.319 e. The molecule has 0 heterocycles. The monoisotopic (exact) mass is 276 g/mol. The predicted octanol–water partition coefficient (Wildman–Crippen LogP) is 0.402. The molecule has 3 amide bonds. The Kier molecular flexibility index (Phi) is 4.37. The molecule has 0 aliphatic carbocycles. The number of amides is 3. The van der Waals surface area contributed by atoms with E-state index < -0.39 is 22.4 Å². The summed E-state index contributed by atoms with van der Waals surface area (Å²) in [5.74, 6) is -1.44. The van der Waals surface area contributed by atoms with E-state index in [0.29, 0.717) is 0 Å². The number of phenols is 1. The first kappa shape index (κ1) is 14.7. The fraction of sp³-hybridized carbons (Fsp3) is 0. The summed E-state index contributed by atoms with van der Waals surface area (Å²) in [5.41, 5.74) is 3.74. The zero-order valence-corrected chi connectivity index (χ0v) is 9.86. The largest absolute Gasteiger partial charge is 0.507 e. The average Bonchev–Trinajstić information content (AvgIpc) is 2.36. The Bertz CT molecular complexity index is 659. The van der Waals surface area contributed by atoms with E-state index in [-0.39, 0.29) is 17.0 Å². The molecule has 0 aromatic heterocycles. The molecular formula is C11H8N4O5. The van der Waals surface area contributed by atoms with Crippen molar-refractivity contribution in [3.8, 4) is 11.8 Å². The van der Waals surface area contributed by atoms with Crippen LogP contribution in [0.5, 0.6) is 5.75 Å². The molecule has 0 atom stereocenters. The third-order valence-corrected chi connectivity index (χ3v) is 2.12. The van der Waals surface area contributed by atoms with E-state index in [1.165, 1.54) is 6.07 Å². The highest BCUT2D eigenvalue weighted by atomic mass is 16.6. The first-order chi connectivity index (χ1) is 9.35. The van der Waals surface area contributed by atoms with Crippen molar-refractivity contribution < 1.29 is 19.6 Å². The topological polar surface area (TPSA) is 159 Å². The second kappa shape index (κ2) is 5.96. The van der Waals surface area contributed by atoms with E-state index in [9.17, 15) is 24.8 Å². The average molecular weight is 276 g/mol. The van der Waals surface area contributed by atoms with Crippen molar-refractivity contribution in [2.45, 2.75) is 0 Å². The maximum atomic E-state index is 11.4. The number of nitriles is 1. The van der Waals surface area contributed by atoms with Crippen LogP contribution in [0.2, 0.25) is 0 Å². The summed E-state index contributed by atoms with van der Waals surface area (Å²) < 4.78 is 0. The van der Waals surface area contributed by atoms with Gasteiger partial charge in [0, 0.05) is 17.7 Å². The smallest absolute Gasteiger partial charge is 0.319 e. The molecule has 20 heavy (non-hydrogen) atoms. The van der Waals surface area contributed by atoms with Crippen LogP contribution < -0.4 is 11.1 Å². The number of carbonyl (C=O) groups is 2. The van der Waals surface area contributed by atoms with Crippen molar-refractivity contribution in [3.63, 3.8) is 0 Å². The molecule has 0 saturated heterocycles. The molecule has 0 fully saturated rings. The standard InChI is InChI=1S/C11H8N4O5/c12-5-7(10(17)14-11(13)18)3-6-4-8(15(19)20)1-2-9(6)16/h1-4,16H,(H3,13,14,17,18)/b7-3-. The van der Waals surface area contributed by atoms with E-state index in [1.807, 2.05) is 0 Å². The van der Waals surface area contributed by atoms with Crippen molar-refractivity contribution in [3.05, 3.63) is 39.4 Å². The molecule has 102 valence electrons. The maximum absolute atomic E-state index is 11.4. The van der Waals surface area contributed by atoms with Gasteiger partial charge in [0.25, 0.3) is 11.6 Å². The Labute approximate surface area is 112 Å². The van der Waals surface area contributed by atoms with Crippen molar-refractivity contribution in [2.24, 2.45) is 5.73 Å². The second-order valence-electron chi connectivity index (χ2n) is 3.49. The van der Waals surface area contributed by atoms with Crippen molar-refractivity contribution >= 4 is 23.7 Å². The molecule has 4 N–H and O–H groups in total. The molecule has 1 aromatic carbocycles. The summed E-state index contributed by atoms with van der Waals surface area (Å²) >= 11 is 0. The number of nitro benzene ring substituents is 1. The molecule has 9 nitrogen and oxygen atoms in total. The van der Waals surface area contributed by atoms with Crippen molar-refractivity contribution in [2.75, 3.05) is 0 Å². The number of nitrogens with one attached hydrogen (secondary N) is 1. The zero-order chi connectivity index (χ0) is 15.3. The number of hydrogen-bond acceptors (Lipinski definition) is 6. The minimum absolute atomic E-state index is 0.115. The molecule has 0 spiro atoms. The normalized spacial score (nSPS) is 10.4. The third kappa shape index (κ3) is 3.54. The number of primary amides is 1. The van der Waals surface area contributed by atoms with Gasteiger partial charge in [0.1, 0.15) is 17.4 Å². The number of phenolic OH excluding ortho intramolecular Hbond substituents is 1. The van der Waals surface area contributed by atoms with Gasteiger partial charge in [-0.3, -0.25) is 20.2 Å². The fourth-order valence-electron chi connectivity index (χ4n) is 1.25. The lowest BCUT2D eigenvalue weighted by Crippen LogP contribution is -2.35. The van der Waals surface area contributed by atoms with Gasteiger partial charge in [-0.25, -0.2) is 4.79 Å². The van der Waals surface area contributed by atoms with Gasteiger partial charge >= 0.3 is 6.03 Å². The van der Waals surface area contributed by atoms with Crippen LogP contribution in [0.25, 0.3) is 6.08 Å². The number of rotatable bonds is 3. The quantitative estimate of drug-likeness (QED) is 0.313. The summed E-state index contributed by atoms with van der Waals surface area (Å²) in [7, 11) is 0. The van der Waals surface area contributed by atoms with E-state index in [4.69, 9.17) is 11.0 Å². The highest BCUT2D eigenvalue weighted by Gasteiger charge is 2.14. The van der Waals surface area contributed by atoms with E-state index in [2.05, 4.69) is 0 Å². The Morgan fingerprint density at radius 2 is 2.15 bits per heavy atom. The second-order valence-corrected chi connectivity index (χ2v) is 3.49. The zero-order valence-electron chi connectivity index (χ0n) is 9.86. The van der Waals surface area contributed by atoms with Crippen LogP contribution in [0.3, 0.4) is 0 Å².